The molecule has 0 N–H and O–H groups in total. The molecule has 0 saturated carbocycles. The van der Waals surface area contributed by atoms with Gasteiger partial charge in [0.1, 0.15) is 11.4 Å². The minimum atomic E-state index is -0.619. The highest BCUT2D eigenvalue weighted by Gasteiger charge is 2.50. The normalized spacial score (nSPS) is 15.5. The third kappa shape index (κ3) is 3.80. The lowest BCUT2D eigenvalue weighted by molar-refractivity contribution is -0.0863. The summed E-state index contributed by atoms with van der Waals surface area (Å²) in [5.41, 5.74) is 0.432. The van der Waals surface area contributed by atoms with Crippen molar-refractivity contribution in [2.75, 3.05) is 13.1 Å². The summed E-state index contributed by atoms with van der Waals surface area (Å²) in [6.07, 6.45) is -0.340. The van der Waals surface area contributed by atoms with Crippen molar-refractivity contribution in [3.8, 4) is 11.8 Å². The van der Waals surface area contributed by atoms with E-state index in [0.717, 1.165) is 5.56 Å². The first-order valence-corrected chi connectivity index (χ1v) is 8.54. The molecular weight excluding hydrogens is 328 g/mol. The molecule has 0 aromatic heterocycles. The predicted octanol–water partition coefficient (Wildman–Crippen LogP) is 4.08. The summed E-state index contributed by atoms with van der Waals surface area (Å²) in [5.74, 6) is 0.664. The summed E-state index contributed by atoms with van der Waals surface area (Å²) in [6, 6.07) is 18.9. The van der Waals surface area contributed by atoms with Gasteiger partial charge in [0.2, 0.25) is 0 Å². The first kappa shape index (κ1) is 17.8. The number of hydrogen-bond acceptors (Lipinski definition) is 4. The molecule has 26 heavy (non-hydrogen) atoms. The summed E-state index contributed by atoms with van der Waals surface area (Å²) in [5, 5.41) is 8.94. The minimum Gasteiger partial charge on any atom is -0.479 e. The zero-order valence-corrected chi connectivity index (χ0v) is 15.2. The van der Waals surface area contributed by atoms with Crippen LogP contribution >= 0.6 is 0 Å². The molecule has 134 valence electrons. The standard InChI is InChI=1S/C21H22N2O3/c1-20(2,3)26-19(24)23-14-21(15-23,17-7-5-4-6-8-17)25-18-11-9-16(13-22)10-12-18/h4-12H,14-15H2,1-3H3. The van der Waals surface area contributed by atoms with Gasteiger partial charge in [-0.2, -0.15) is 5.26 Å². The Bertz CT molecular complexity index is 811. The molecule has 1 amide bonds. The summed E-state index contributed by atoms with van der Waals surface area (Å²) in [7, 11) is 0. The second-order valence-corrected chi connectivity index (χ2v) is 7.43. The molecule has 1 heterocycles. The lowest BCUT2D eigenvalue weighted by atomic mass is 9.86. The maximum atomic E-state index is 12.3. The zero-order chi connectivity index (χ0) is 18.8. The van der Waals surface area contributed by atoms with Crippen molar-refractivity contribution in [2.24, 2.45) is 0 Å². The first-order chi connectivity index (χ1) is 12.3. The van der Waals surface area contributed by atoms with E-state index in [4.69, 9.17) is 14.7 Å². The average molecular weight is 350 g/mol. The highest BCUT2D eigenvalue weighted by atomic mass is 16.6. The molecule has 1 aliphatic rings. The molecule has 0 atom stereocenters. The van der Waals surface area contributed by atoms with Gasteiger partial charge in [0.15, 0.2) is 5.60 Å². The van der Waals surface area contributed by atoms with Crippen LogP contribution in [0.25, 0.3) is 0 Å². The van der Waals surface area contributed by atoms with Gasteiger partial charge in [-0.05, 0) is 50.6 Å². The Kier molecular flexibility index (Phi) is 4.60. The van der Waals surface area contributed by atoms with Crippen LogP contribution in [-0.4, -0.2) is 29.7 Å². The lowest BCUT2D eigenvalue weighted by Gasteiger charge is -2.49. The number of nitriles is 1. The van der Waals surface area contributed by atoms with Crippen molar-refractivity contribution in [1.29, 1.82) is 5.26 Å². The summed E-state index contributed by atoms with van der Waals surface area (Å²) < 4.78 is 11.7. The van der Waals surface area contributed by atoms with Crippen LogP contribution in [0.4, 0.5) is 4.79 Å². The highest BCUT2D eigenvalue weighted by molar-refractivity contribution is 5.70. The van der Waals surface area contributed by atoms with E-state index in [1.165, 1.54) is 0 Å². The van der Waals surface area contributed by atoms with Crippen molar-refractivity contribution >= 4 is 6.09 Å². The van der Waals surface area contributed by atoms with Gasteiger partial charge in [-0.15, -0.1) is 0 Å². The van der Waals surface area contributed by atoms with Crippen LogP contribution in [0.5, 0.6) is 5.75 Å². The van der Waals surface area contributed by atoms with Gasteiger partial charge in [-0.25, -0.2) is 4.79 Å². The van der Waals surface area contributed by atoms with Crippen molar-refractivity contribution in [3.05, 3.63) is 65.7 Å². The molecule has 3 rings (SSSR count). The molecule has 0 radical (unpaired) electrons. The predicted molar refractivity (Wildman–Crippen MR) is 97.7 cm³/mol. The number of carbonyl (C=O) groups excluding carboxylic acids is 1. The molecule has 1 aliphatic heterocycles. The van der Waals surface area contributed by atoms with Crippen LogP contribution in [0, 0.1) is 11.3 Å². The van der Waals surface area contributed by atoms with Crippen LogP contribution in [0.3, 0.4) is 0 Å². The van der Waals surface area contributed by atoms with Gasteiger partial charge < -0.3 is 9.47 Å². The Morgan fingerprint density at radius 1 is 1.08 bits per heavy atom. The number of hydrogen-bond donors (Lipinski definition) is 0. The summed E-state index contributed by atoms with van der Waals surface area (Å²) in [4.78, 5) is 13.9. The van der Waals surface area contributed by atoms with E-state index in [0.29, 0.717) is 24.4 Å². The smallest absolute Gasteiger partial charge is 0.410 e. The van der Waals surface area contributed by atoms with Crippen LogP contribution < -0.4 is 4.74 Å². The average Bonchev–Trinajstić information content (AvgIpc) is 2.57. The van der Waals surface area contributed by atoms with Crippen molar-refractivity contribution < 1.29 is 14.3 Å². The number of carbonyl (C=O) groups is 1. The fraction of sp³-hybridized carbons (Fsp3) is 0.333. The van der Waals surface area contributed by atoms with Gasteiger partial charge in [-0.1, -0.05) is 30.3 Å². The zero-order valence-electron chi connectivity index (χ0n) is 15.2. The summed E-state index contributed by atoms with van der Waals surface area (Å²) in [6.45, 7) is 6.37. The van der Waals surface area contributed by atoms with Crippen molar-refractivity contribution in [3.63, 3.8) is 0 Å². The highest BCUT2D eigenvalue weighted by Crippen LogP contribution is 2.37. The third-order valence-electron chi connectivity index (χ3n) is 4.14. The van der Waals surface area contributed by atoms with Crippen LogP contribution in [0.2, 0.25) is 0 Å². The number of likely N-dealkylation sites (tertiary alicyclic amines) is 1. The summed E-state index contributed by atoms with van der Waals surface area (Å²) >= 11 is 0. The van der Waals surface area contributed by atoms with Crippen molar-refractivity contribution in [1.82, 2.24) is 4.90 Å². The van der Waals surface area contributed by atoms with E-state index in [1.54, 1.807) is 29.2 Å². The molecule has 1 fully saturated rings. The molecule has 0 spiro atoms. The third-order valence-corrected chi connectivity index (χ3v) is 4.14. The van der Waals surface area contributed by atoms with Crippen LogP contribution in [0.15, 0.2) is 54.6 Å². The van der Waals surface area contributed by atoms with Crippen LogP contribution in [0.1, 0.15) is 31.9 Å². The molecule has 1 saturated heterocycles. The van der Waals surface area contributed by atoms with Crippen molar-refractivity contribution in [2.45, 2.75) is 32.0 Å². The Morgan fingerprint density at radius 3 is 2.23 bits per heavy atom. The Morgan fingerprint density at radius 2 is 1.69 bits per heavy atom. The maximum absolute atomic E-state index is 12.3. The second-order valence-electron chi connectivity index (χ2n) is 7.43. The lowest BCUT2D eigenvalue weighted by Crippen LogP contribution is -2.64. The second kappa shape index (κ2) is 6.72. The Hall–Kier alpha value is -3.00. The monoisotopic (exact) mass is 350 g/mol. The van der Waals surface area contributed by atoms with Gasteiger partial charge in [0.25, 0.3) is 0 Å². The molecule has 0 bridgehead atoms. The molecule has 0 aliphatic carbocycles. The first-order valence-electron chi connectivity index (χ1n) is 8.54. The van der Waals surface area contributed by atoms with E-state index in [1.807, 2.05) is 51.1 Å². The van der Waals surface area contributed by atoms with E-state index in [2.05, 4.69) is 6.07 Å². The number of benzene rings is 2. The molecule has 2 aromatic rings. The van der Waals surface area contributed by atoms with Gasteiger partial charge in [0, 0.05) is 0 Å². The quantitative estimate of drug-likeness (QED) is 0.837. The van der Waals surface area contributed by atoms with E-state index in [-0.39, 0.29) is 6.09 Å². The molecule has 5 nitrogen and oxygen atoms in total. The molecular formula is C21H22N2O3. The number of ether oxygens (including phenoxy) is 2. The fourth-order valence-corrected chi connectivity index (χ4v) is 2.90. The van der Waals surface area contributed by atoms with E-state index in [9.17, 15) is 4.79 Å². The molecule has 2 aromatic carbocycles. The topological polar surface area (TPSA) is 62.6 Å². The Labute approximate surface area is 153 Å². The molecule has 5 heteroatoms. The van der Waals surface area contributed by atoms with Gasteiger partial charge in [-0.3, -0.25) is 4.90 Å². The number of nitrogens with zero attached hydrogens (tertiary/aromatic N) is 2. The maximum Gasteiger partial charge on any atom is 0.410 e. The van der Waals surface area contributed by atoms with Gasteiger partial charge in [0.05, 0.1) is 24.7 Å². The molecule has 0 unspecified atom stereocenters. The van der Waals surface area contributed by atoms with E-state index < -0.39 is 11.2 Å². The van der Waals surface area contributed by atoms with Crippen LogP contribution in [-0.2, 0) is 10.3 Å². The SMILES string of the molecule is CC(C)(C)OC(=O)N1CC(Oc2ccc(C#N)cc2)(c2ccccc2)C1. The fourth-order valence-electron chi connectivity index (χ4n) is 2.90. The number of amides is 1. The Balaban J connectivity index is 1.80. The minimum absolute atomic E-state index is 0.340. The van der Waals surface area contributed by atoms with Gasteiger partial charge >= 0.3 is 6.09 Å². The largest absolute Gasteiger partial charge is 0.479 e. The van der Waals surface area contributed by atoms with E-state index >= 15 is 0 Å². The number of rotatable bonds is 3.